The predicted molar refractivity (Wildman–Crippen MR) is 90.5 cm³/mol. The van der Waals surface area contributed by atoms with Gasteiger partial charge in [0.25, 0.3) is 0 Å². The number of aryl methyl sites for hydroxylation is 2. The Morgan fingerprint density at radius 1 is 1.21 bits per heavy atom. The van der Waals surface area contributed by atoms with E-state index in [0.717, 1.165) is 30.9 Å². The van der Waals surface area contributed by atoms with Crippen molar-refractivity contribution < 1.29 is 9.53 Å². The Balaban J connectivity index is 1.61. The summed E-state index contributed by atoms with van der Waals surface area (Å²) in [7, 11) is 0. The Hall–Kier alpha value is -2.37. The number of hydrogen-bond donors (Lipinski definition) is 0. The van der Waals surface area contributed by atoms with E-state index in [0.29, 0.717) is 13.1 Å². The van der Waals surface area contributed by atoms with Crippen LogP contribution in [0.15, 0.2) is 30.7 Å². The van der Waals surface area contributed by atoms with Crippen molar-refractivity contribution in [1.29, 1.82) is 0 Å². The molecule has 0 aliphatic carbocycles. The van der Waals surface area contributed by atoms with E-state index in [2.05, 4.69) is 15.7 Å². The van der Waals surface area contributed by atoms with Crippen LogP contribution in [0.3, 0.4) is 0 Å². The van der Waals surface area contributed by atoms with Crippen LogP contribution in [0, 0.1) is 0 Å². The molecule has 0 saturated heterocycles. The summed E-state index contributed by atoms with van der Waals surface area (Å²) in [4.78, 5) is 22.7. The van der Waals surface area contributed by atoms with E-state index in [4.69, 9.17) is 9.72 Å². The lowest BCUT2D eigenvalue weighted by Crippen LogP contribution is -2.41. The topological polar surface area (TPSA) is 60.2 Å². The summed E-state index contributed by atoms with van der Waals surface area (Å²) in [5.41, 5.74) is 1.85. The molecule has 0 bridgehead atoms. The van der Waals surface area contributed by atoms with E-state index in [-0.39, 0.29) is 6.09 Å². The molecule has 0 radical (unpaired) electrons. The zero-order valence-electron chi connectivity index (χ0n) is 14.5. The zero-order chi connectivity index (χ0) is 17.2. The highest BCUT2D eigenvalue weighted by molar-refractivity contribution is 5.68. The van der Waals surface area contributed by atoms with E-state index < -0.39 is 5.60 Å². The normalized spacial score (nSPS) is 14.4. The lowest BCUT2D eigenvalue weighted by atomic mass is 10.1. The van der Waals surface area contributed by atoms with Crippen LogP contribution in [0.4, 0.5) is 4.79 Å². The molecule has 0 N–H and O–H groups in total. The third kappa shape index (κ3) is 4.13. The first-order chi connectivity index (χ1) is 11.4. The Bertz CT molecular complexity index is 704. The molecule has 0 fully saturated rings. The molecule has 3 heterocycles. The highest BCUT2D eigenvalue weighted by Crippen LogP contribution is 2.17. The third-order valence-corrected chi connectivity index (χ3v) is 3.92. The first-order valence-electron chi connectivity index (χ1n) is 8.32. The van der Waals surface area contributed by atoms with Gasteiger partial charge in [0.2, 0.25) is 0 Å². The maximum Gasteiger partial charge on any atom is 0.410 e. The molecule has 1 amide bonds. The van der Waals surface area contributed by atoms with Crippen LogP contribution < -0.4 is 0 Å². The molecule has 2 aromatic rings. The van der Waals surface area contributed by atoms with Gasteiger partial charge < -0.3 is 9.30 Å². The fraction of sp³-hybridized carbons (Fsp3) is 0.500. The van der Waals surface area contributed by atoms with Crippen LogP contribution in [0.1, 0.15) is 37.9 Å². The molecular formula is C18H24N4O2. The largest absolute Gasteiger partial charge is 0.444 e. The number of rotatable bonds is 3. The van der Waals surface area contributed by atoms with Gasteiger partial charge >= 0.3 is 6.09 Å². The van der Waals surface area contributed by atoms with Crippen molar-refractivity contribution >= 4 is 6.09 Å². The summed E-state index contributed by atoms with van der Waals surface area (Å²) in [5, 5.41) is 0. The molecule has 3 rings (SSSR count). The van der Waals surface area contributed by atoms with Gasteiger partial charge in [-0.05, 0) is 51.3 Å². The van der Waals surface area contributed by atoms with Gasteiger partial charge in [-0.1, -0.05) is 0 Å². The van der Waals surface area contributed by atoms with Crippen molar-refractivity contribution in [3.63, 3.8) is 0 Å². The number of hydrogen-bond acceptors (Lipinski definition) is 4. The van der Waals surface area contributed by atoms with Gasteiger partial charge in [0.05, 0.1) is 12.2 Å². The number of pyridine rings is 1. The van der Waals surface area contributed by atoms with Gasteiger partial charge in [0.1, 0.15) is 11.4 Å². The van der Waals surface area contributed by atoms with Crippen molar-refractivity contribution in [3.8, 4) is 0 Å². The molecule has 0 saturated carbocycles. The Morgan fingerprint density at radius 2 is 1.96 bits per heavy atom. The Labute approximate surface area is 142 Å². The summed E-state index contributed by atoms with van der Waals surface area (Å²) in [6.07, 6.45) is 7.28. The number of amides is 1. The Morgan fingerprint density at radius 3 is 2.67 bits per heavy atom. The standard InChI is InChI=1S/C18H24N4O2/c1-18(2,3)24-17(23)22-11-10-21-12-15(20-16(21)13-22)5-4-14-6-8-19-9-7-14/h6-9,12H,4-5,10-11,13H2,1-3H3. The molecule has 0 spiro atoms. The minimum Gasteiger partial charge on any atom is -0.444 e. The average Bonchev–Trinajstić information content (AvgIpc) is 2.94. The highest BCUT2D eigenvalue weighted by Gasteiger charge is 2.26. The van der Waals surface area contributed by atoms with Gasteiger partial charge in [-0.15, -0.1) is 0 Å². The van der Waals surface area contributed by atoms with Crippen LogP contribution in [0.5, 0.6) is 0 Å². The molecule has 6 heteroatoms. The second kappa shape index (κ2) is 6.63. The smallest absolute Gasteiger partial charge is 0.410 e. The Kier molecular flexibility index (Phi) is 4.55. The molecular weight excluding hydrogens is 304 g/mol. The van der Waals surface area contributed by atoms with Crippen LogP contribution >= 0.6 is 0 Å². The quantitative estimate of drug-likeness (QED) is 0.869. The molecule has 0 atom stereocenters. The number of fused-ring (bicyclic) bond motifs is 1. The van der Waals surface area contributed by atoms with Gasteiger partial charge in [-0.25, -0.2) is 9.78 Å². The lowest BCUT2D eigenvalue weighted by molar-refractivity contribution is 0.0195. The highest BCUT2D eigenvalue weighted by atomic mass is 16.6. The van der Waals surface area contributed by atoms with Gasteiger partial charge in [-0.3, -0.25) is 9.88 Å². The van der Waals surface area contributed by atoms with Crippen molar-refractivity contribution in [2.45, 2.75) is 52.3 Å². The number of aromatic nitrogens is 3. The first-order valence-corrected chi connectivity index (χ1v) is 8.32. The van der Waals surface area contributed by atoms with Crippen LogP contribution in [0.2, 0.25) is 0 Å². The molecule has 2 aromatic heterocycles. The molecule has 1 aliphatic rings. The maximum absolute atomic E-state index is 12.2. The van der Waals surface area contributed by atoms with E-state index in [1.807, 2.05) is 45.3 Å². The van der Waals surface area contributed by atoms with Crippen LogP contribution in [0.25, 0.3) is 0 Å². The molecule has 24 heavy (non-hydrogen) atoms. The second-order valence-corrected chi connectivity index (χ2v) is 7.10. The van der Waals surface area contributed by atoms with Gasteiger partial charge in [-0.2, -0.15) is 0 Å². The van der Waals surface area contributed by atoms with Gasteiger partial charge in [0.15, 0.2) is 0 Å². The first kappa shape index (κ1) is 16.5. The molecule has 128 valence electrons. The lowest BCUT2D eigenvalue weighted by Gasteiger charge is -2.30. The molecule has 6 nitrogen and oxygen atoms in total. The minimum absolute atomic E-state index is 0.268. The molecule has 1 aliphatic heterocycles. The fourth-order valence-corrected chi connectivity index (χ4v) is 2.74. The third-order valence-electron chi connectivity index (χ3n) is 3.92. The van der Waals surface area contributed by atoms with Crippen molar-refractivity contribution in [3.05, 3.63) is 47.8 Å². The summed E-state index contributed by atoms with van der Waals surface area (Å²) in [6, 6.07) is 4.06. The van der Waals surface area contributed by atoms with E-state index in [1.54, 1.807) is 4.90 Å². The fourth-order valence-electron chi connectivity index (χ4n) is 2.74. The summed E-state index contributed by atoms with van der Waals surface area (Å²) in [5.74, 6) is 0.928. The predicted octanol–water partition coefficient (Wildman–Crippen LogP) is 2.81. The van der Waals surface area contributed by atoms with Crippen LogP contribution in [-0.2, 0) is 30.7 Å². The molecule has 0 unspecified atom stereocenters. The summed E-state index contributed by atoms with van der Waals surface area (Å²) < 4.78 is 7.59. The van der Waals surface area contributed by atoms with Crippen molar-refractivity contribution in [1.82, 2.24) is 19.4 Å². The minimum atomic E-state index is -0.473. The van der Waals surface area contributed by atoms with Crippen molar-refractivity contribution in [2.75, 3.05) is 6.54 Å². The average molecular weight is 328 g/mol. The summed E-state index contributed by atoms with van der Waals surface area (Å²) >= 11 is 0. The van der Waals surface area contributed by atoms with E-state index in [1.165, 1.54) is 5.56 Å². The van der Waals surface area contributed by atoms with Gasteiger partial charge in [0, 0.05) is 31.7 Å². The number of carbonyl (C=O) groups is 1. The number of carbonyl (C=O) groups excluding carboxylic acids is 1. The monoisotopic (exact) mass is 328 g/mol. The SMILES string of the molecule is CC(C)(C)OC(=O)N1CCn2cc(CCc3ccncc3)nc2C1. The number of imidazole rings is 1. The summed E-state index contributed by atoms with van der Waals surface area (Å²) in [6.45, 7) is 7.57. The maximum atomic E-state index is 12.2. The van der Waals surface area contributed by atoms with Crippen molar-refractivity contribution in [2.24, 2.45) is 0 Å². The zero-order valence-corrected chi connectivity index (χ0v) is 14.5. The second-order valence-electron chi connectivity index (χ2n) is 7.10. The van der Waals surface area contributed by atoms with E-state index in [9.17, 15) is 4.79 Å². The molecule has 0 aromatic carbocycles. The number of nitrogens with zero attached hydrogens (tertiary/aromatic N) is 4. The van der Waals surface area contributed by atoms with E-state index >= 15 is 0 Å². The number of ether oxygens (including phenoxy) is 1. The van der Waals surface area contributed by atoms with Crippen LogP contribution in [-0.4, -0.2) is 37.7 Å².